The SMILES string of the molecule is CN1CCC(N2Cc3cc(F)ccc3Oc3ccccc32)CC1. The van der Waals surface area contributed by atoms with Gasteiger partial charge in [0.15, 0.2) is 5.75 Å². The minimum absolute atomic E-state index is 0.207. The van der Waals surface area contributed by atoms with Crippen LogP contribution in [0.1, 0.15) is 18.4 Å². The maximum Gasteiger partial charge on any atom is 0.150 e. The molecule has 0 aromatic heterocycles. The molecule has 0 aliphatic carbocycles. The molecule has 0 atom stereocenters. The highest BCUT2D eigenvalue weighted by Crippen LogP contribution is 2.41. The van der Waals surface area contributed by atoms with Crippen molar-refractivity contribution in [1.82, 2.24) is 4.90 Å². The Morgan fingerprint density at radius 1 is 1.04 bits per heavy atom. The maximum absolute atomic E-state index is 13.7. The van der Waals surface area contributed by atoms with Gasteiger partial charge in [0.1, 0.15) is 11.6 Å². The zero-order valence-corrected chi connectivity index (χ0v) is 13.3. The van der Waals surface area contributed by atoms with Crippen LogP contribution in [0, 0.1) is 5.82 Å². The summed E-state index contributed by atoms with van der Waals surface area (Å²) < 4.78 is 19.8. The number of rotatable bonds is 1. The highest BCUT2D eigenvalue weighted by molar-refractivity contribution is 5.63. The summed E-state index contributed by atoms with van der Waals surface area (Å²) in [6.07, 6.45) is 2.24. The summed E-state index contributed by atoms with van der Waals surface area (Å²) in [5.41, 5.74) is 2.03. The van der Waals surface area contributed by atoms with E-state index in [-0.39, 0.29) is 5.82 Å². The topological polar surface area (TPSA) is 15.7 Å². The van der Waals surface area contributed by atoms with E-state index in [4.69, 9.17) is 4.74 Å². The molecule has 0 saturated carbocycles. The predicted molar refractivity (Wildman–Crippen MR) is 89.6 cm³/mol. The summed E-state index contributed by atoms with van der Waals surface area (Å²) >= 11 is 0. The van der Waals surface area contributed by atoms with E-state index in [0.29, 0.717) is 12.6 Å². The first kappa shape index (κ1) is 14.5. The first-order valence-electron chi connectivity index (χ1n) is 8.21. The Labute approximate surface area is 136 Å². The van der Waals surface area contributed by atoms with Gasteiger partial charge in [0.25, 0.3) is 0 Å². The van der Waals surface area contributed by atoms with E-state index >= 15 is 0 Å². The Hall–Kier alpha value is -2.07. The van der Waals surface area contributed by atoms with Crippen LogP contribution in [0.3, 0.4) is 0 Å². The number of halogens is 1. The van der Waals surface area contributed by atoms with Gasteiger partial charge in [-0.3, -0.25) is 0 Å². The lowest BCUT2D eigenvalue weighted by molar-refractivity contribution is 0.249. The largest absolute Gasteiger partial charge is 0.455 e. The summed E-state index contributed by atoms with van der Waals surface area (Å²) in [5.74, 6) is 1.41. The molecule has 23 heavy (non-hydrogen) atoms. The van der Waals surface area contributed by atoms with Gasteiger partial charge in [0, 0.05) is 18.2 Å². The van der Waals surface area contributed by atoms with Crippen molar-refractivity contribution in [3.8, 4) is 11.5 Å². The molecule has 2 aromatic rings. The first-order chi connectivity index (χ1) is 11.2. The number of hydrogen-bond acceptors (Lipinski definition) is 3. The molecule has 3 nitrogen and oxygen atoms in total. The van der Waals surface area contributed by atoms with Crippen LogP contribution in [-0.2, 0) is 6.54 Å². The number of para-hydroxylation sites is 2. The van der Waals surface area contributed by atoms with E-state index in [9.17, 15) is 4.39 Å². The van der Waals surface area contributed by atoms with Crippen LogP contribution in [0.5, 0.6) is 11.5 Å². The number of benzene rings is 2. The van der Waals surface area contributed by atoms with Crippen molar-refractivity contribution in [3.63, 3.8) is 0 Å². The highest BCUT2D eigenvalue weighted by atomic mass is 19.1. The van der Waals surface area contributed by atoms with E-state index in [2.05, 4.69) is 22.9 Å². The first-order valence-corrected chi connectivity index (χ1v) is 8.21. The van der Waals surface area contributed by atoms with Gasteiger partial charge in [0.05, 0.1) is 5.69 Å². The second kappa shape index (κ2) is 5.85. The molecule has 0 spiro atoms. The Morgan fingerprint density at radius 2 is 1.83 bits per heavy atom. The van der Waals surface area contributed by atoms with Crippen LogP contribution < -0.4 is 9.64 Å². The van der Waals surface area contributed by atoms with Crippen molar-refractivity contribution < 1.29 is 9.13 Å². The molecule has 0 radical (unpaired) electrons. The van der Waals surface area contributed by atoms with E-state index < -0.39 is 0 Å². The van der Waals surface area contributed by atoms with Gasteiger partial charge in [-0.15, -0.1) is 0 Å². The molecule has 1 fully saturated rings. The van der Waals surface area contributed by atoms with Crippen molar-refractivity contribution in [2.24, 2.45) is 0 Å². The van der Waals surface area contributed by atoms with Gasteiger partial charge in [-0.2, -0.15) is 0 Å². The van der Waals surface area contributed by atoms with Crippen molar-refractivity contribution >= 4 is 5.69 Å². The molecule has 2 aliphatic heterocycles. The number of nitrogens with zero attached hydrogens (tertiary/aromatic N) is 2. The Morgan fingerprint density at radius 3 is 2.65 bits per heavy atom. The molecule has 0 unspecified atom stereocenters. The number of hydrogen-bond donors (Lipinski definition) is 0. The normalized spacial score (nSPS) is 18.8. The standard InChI is InChI=1S/C19H21FN2O/c1-21-10-8-16(9-11-21)22-13-14-12-15(20)6-7-18(14)23-19-5-3-2-4-17(19)22/h2-7,12,16H,8-11,13H2,1H3. The third kappa shape index (κ3) is 2.79. The van der Waals surface area contributed by atoms with Gasteiger partial charge >= 0.3 is 0 Å². The third-order valence-electron chi connectivity index (χ3n) is 4.89. The van der Waals surface area contributed by atoms with Crippen LogP contribution in [0.25, 0.3) is 0 Å². The van der Waals surface area contributed by atoms with Gasteiger partial charge in [-0.05, 0) is 63.3 Å². The number of fused-ring (bicyclic) bond motifs is 2. The molecule has 2 heterocycles. The fourth-order valence-electron chi connectivity index (χ4n) is 3.57. The van der Waals surface area contributed by atoms with Crippen LogP contribution in [0.4, 0.5) is 10.1 Å². The van der Waals surface area contributed by atoms with Crippen LogP contribution in [0.15, 0.2) is 42.5 Å². The Balaban J connectivity index is 1.74. The fraction of sp³-hybridized carbons (Fsp3) is 0.368. The maximum atomic E-state index is 13.7. The second-order valence-electron chi connectivity index (χ2n) is 6.48. The number of likely N-dealkylation sites (tertiary alicyclic amines) is 1. The molecular formula is C19H21FN2O. The lowest BCUT2D eigenvalue weighted by Crippen LogP contribution is -2.43. The van der Waals surface area contributed by atoms with Crippen molar-refractivity contribution in [3.05, 3.63) is 53.8 Å². The van der Waals surface area contributed by atoms with Gasteiger partial charge in [0.2, 0.25) is 0 Å². The predicted octanol–water partition coefficient (Wildman–Crippen LogP) is 4.03. The van der Waals surface area contributed by atoms with Crippen molar-refractivity contribution in [1.29, 1.82) is 0 Å². The molecule has 2 aromatic carbocycles. The number of anilines is 1. The lowest BCUT2D eigenvalue weighted by atomic mass is 10.0. The zero-order valence-electron chi connectivity index (χ0n) is 13.3. The molecule has 4 rings (SSSR count). The summed E-state index contributed by atoms with van der Waals surface area (Å²) in [5, 5.41) is 0. The zero-order chi connectivity index (χ0) is 15.8. The lowest BCUT2D eigenvalue weighted by Gasteiger charge is -2.38. The minimum Gasteiger partial charge on any atom is -0.455 e. The number of piperidine rings is 1. The van der Waals surface area contributed by atoms with E-state index in [1.807, 2.05) is 18.2 Å². The summed E-state index contributed by atoms with van der Waals surface area (Å²) in [6.45, 7) is 2.89. The van der Waals surface area contributed by atoms with E-state index in [1.165, 1.54) is 6.07 Å². The molecule has 0 N–H and O–H groups in total. The average Bonchev–Trinajstić information content (AvgIpc) is 2.72. The molecule has 0 amide bonds. The molecule has 2 aliphatic rings. The van der Waals surface area contributed by atoms with E-state index in [1.54, 1.807) is 12.1 Å². The fourth-order valence-corrected chi connectivity index (χ4v) is 3.57. The van der Waals surface area contributed by atoms with Gasteiger partial charge < -0.3 is 14.5 Å². The monoisotopic (exact) mass is 312 g/mol. The highest BCUT2D eigenvalue weighted by Gasteiger charge is 2.28. The van der Waals surface area contributed by atoms with Crippen molar-refractivity contribution in [2.45, 2.75) is 25.4 Å². The summed E-state index contributed by atoms with van der Waals surface area (Å²) in [6, 6.07) is 13.4. The van der Waals surface area contributed by atoms with Gasteiger partial charge in [-0.1, -0.05) is 12.1 Å². The van der Waals surface area contributed by atoms with Crippen LogP contribution >= 0.6 is 0 Å². The Kier molecular flexibility index (Phi) is 3.69. The molecule has 120 valence electrons. The molecular weight excluding hydrogens is 291 g/mol. The second-order valence-corrected chi connectivity index (χ2v) is 6.48. The summed E-state index contributed by atoms with van der Waals surface area (Å²) in [7, 11) is 2.17. The molecule has 1 saturated heterocycles. The minimum atomic E-state index is -0.207. The average molecular weight is 312 g/mol. The molecule has 4 heteroatoms. The Bertz CT molecular complexity index is 710. The number of ether oxygens (including phenoxy) is 1. The van der Waals surface area contributed by atoms with Crippen molar-refractivity contribution in [2.75, 3.05) is 25.0 Å². The van der Waals surface area contributed by atoms with Gasteiger partial charge in [-0.25, -0.2) is 4.39 Å². The third-order valence-corrected chi connectivity index (χ3v) is 4.89. The van der Waals surface area contributed by atoms with Crippen LogP contribution in [0.2, 0.25) is 0 Å². The van der Waals surface area contributed by atoms with Crippen LogP contribution in [-0.4, -0.2) is 31.1 Å². The smallest absolute Gasteiger partial charge is 0.150 e. The molecule has 0 bridgehead atoms. The summed E-state index contributed by atoms with van der Waals surface area (Å²) in [4.78, 5) is 4.76. The quantitative estimate of drug-likeness (QED) is 0.790. The van der Waals surface area contributed by atoms with E-state index in [0.717, 1.165) is 48.7 Å².